The van der Waals surface area contributed by atoms with E-state index in [2.05, 4.69) is 47.6 Å². The van der Waals surface area contributed by atoms with Gasteiger partial charge in [0.05, 0.1) is 23.4 Å². The van der Waals surface area contributed by atoms with Crippen molar-refractivity contribution in [2.24, 2.45) is 0 Å². The van der Waals surface area contributed by atoms with Gasteiger partial charge in [0.25, 0.3) is 0 Å². The largest absolute Gasteiger partial charge is 0.490 e. The highest BCUT2D eigenvalue weighted by Gasteiger charge is 2.46. The Kier molecular flexibility index (Phi) is 12.5. The molecule has 260 valence electrons. The lowest BCUT2D eigenvalue weighted by Gasteiger charge is -2.28. The lowest BCUT2D eigenvalue weighted by Crippen LogP contribution is -2.49. The number of benzene rings is 1. The van der Waals surface area contributed by atoms with Crippen molar-refractivity contribution in [1.29, 1.82) is 0 Å². The molecule has 5 rings (SSSR count). The first-order valence-corrected chi connectivity index (χ1v) is 17.7. The number of hydrogen-bond acceptors (Lipinski definition) is 11. The summed E-state index contributed by atoms with van der Waals surface area (Å²) in [5.41, 5.74) is 5.39. The molecule has 0 radical (unpaired) electrons. The molecule has 0 spiro atoms. The van der Waals surface area contributed by atoms with Crippen molar-refractivity contribution in [1.82, 2.24) is 20.2 Å². The molecule has 2 heterocycles. The Morgan fingerprint density at radius 3 is 2.52 bits per heavy atom. The highest BCUT2D eigenvalue weighted by Crippen LogP contribution is 2.50. The second-order valence-electron chi connectivity index (χ2n) is 13.0. The third-order valence-corrected chi connectivity index (χ3v) is 10.1. The van der Waals surface area contributed by atoms with Gasteiger partial charge in [-0.25, -0.2) is 4.98 Å². The van der Waals surface area contributed by atoms with Crippen LogP contribution in [0, 0.1) is 6.92 Å². The zero-order valence-corrected chi connectivity index (χ0v) is 28.5. The highest BCUT2D eigenvalue weighted by molar-refractivity contribution is 7.99. The van der Waals surface area contributed by atoms with E-state index in [-0.39, 0.29) is 24.4 Å². The van der Waals surface area contributed by atoms with Gasteiger partial charge in [0.1, 0.15) is 30.2 Å². The molecule has 0 aliphatic heterocycles. The molecule has 11 nitrogen and oxygen atoms in total. The first kappa shape index (κ1) is 36.2. The van der Waals surface area contributed by atoms with E-state index < -0.39 is 31.0 Å². The number of amides is 1. The van der Waals surface area contributed by atoms with E-state index in [1.807, 2.05) is 24.5 Å². The average molecular weight is 681 g/mol. The van der Waals surface area contributed by atoms with Crippen LogP contribution in [-0.2, 0) is 16.9 Å². The summed E-state index contributed by atoms with van der Waals surface area (Å²) in [6.45, 7) is 1.74. The van der Waals surface area contributed by atoms with E-state index in [0.29, 0.717) is 19.1 Å². The summed E-state index contributed by atoms with van der Waals surface area (Å²) in [5.74, 6) is 1.51. The number of carbonyl (C=O) groups is 1. The Balaban J connectivity index is 1.10. The molecule has 0 bridgehead atoms. The molecule has 1 aromatic carbocycles. The number of para-hydroxylation sites is 1. The van der Waals surface area contributed by atoms with Gasteiger partial charge in [0.2, 0.25) is 5.91 Å². The van der Waals surface area contributed by atoms with E-state index in [1.165, 1.54) is 17.5 Å². The second-order valence-corrected chi connectivity index (χ2v) is 14.1. The Morgan fingerprint density at radius 2 is 1.79 bits per heavy atom. The molecule has 1 amide bonds. The van der Waals surface area contributed by atoms with Crippen LogP contribution in [0.5, 0.6) is 5.75 Å². The molecule has 48 heavy (non-hydrogen) atoms. The van der Waals surface area contributed by atoms with Crippen LogP contribution in [0.15, 0.2) is 59.9 Å². The number of unbranched alkanes of at least 4 members (excludes halogenated alkanes) is 1. The van der Waals surface area contributed by atoms with Gasteiger partial charge in [-0.1, -0.05) is 24.3 Å². The number of carbonyl (C=O) groups excluding carboxylic acids is 1. The average Bonchev–Trinajstić information content (AvgIpc) is 4.05. The minimum Gasteiger partial charge on any atom is -0.490 e. The molecular weight excluding hydrogens is 632 g/mol. The smallest absolute Gasteiger partial charge is 0.222 e. The summed E-state index contributed by atoms with van der Waals surface area (Å²) >= 11 is 1.65. The van der Waals surface area contributed by atoms with Crippen molar-refractivity contribution in [2.75, 3.05) is 26.0 Å². The van der Waals surface area contributed by atoms with E-state index in [0.717, 1.165) is 71.0 Å². The monoisotopic (exact) mass is 680 g/mol. The fraction of sp³-hybridized carbons (Fsp3) is 0.528. The number of nitrogens with one attached hydrogen (secondary N) is 1. The van der Waals surface area contributed by atoms with Crippen LogP contribution in [0.3, 0.4) is 0 Å². The number of nitrogens with zero attached hydrogens (tertiary/aromatic N) is 3. The zero-order chi connectivity index (χ0) is 34.3. The lowest BCUT2D eigenvalue weighted by atomic mass is 9.94. The molecule has 0 unspecified atom stereocenters. The molecule has 4 atom stereocenters. The number of hydrogen-bond donors (Lipinski definition) is 6. The molecule has 6 N–H and O–H groups in total. The summed E-state index contributed by atoms with van der Waals surface area (Å²) in [4.78, 5) is 23.3. The van der Waals surface area contributed by atoms with Gasteiger partial charge in [-0.05, 0) is 86.1 Å². The molecule has 2 aliphatic carbocycles. The molecule has 3 aromatic rings. The zero-order valence-electron chi connectivity index (χ0n) is 27.7. The standard InChI is InChI=1S/C36H48N4O7S/c1-23-10-13-32(48-18-6-5-9-33(44)40(2)21-29(42)34(45)35(46)30(43)22-41)39-28(23)20-38-36(15-16-36)27-19-37-17-14-25(27)26-7-3-4-8-31(26)47-24-11-12-24/h3-4,7-8,10,13-14,17,19,24,29-30,34-35,38,41-43,45-46H,5-6,9,11-12,15-16,18,20-22H2,1-2H3/t29-,30+,34+,35+/m0/s1. The van der Waals surface area contributed by atoms with Crippen LogP contribution in [0.4, 0.5) is 0 Å². The van der Waals surface area contributed by atoms with E-state index in [1.54, 1.807) is 11.8 Å². The van der Waals surface area contributed by atoms with Gasteiger partial charge in [0, 0.05) is 50.1 Å². The molecule has 12 heteroatoms. The van der Waals surface area contributed by atoms with Crippen LogP contribution >= 0.6 is 11.8 Å². The van der Waals surface area contributed by atoms with Gasteiger partial charge >= 0.3 is 0 Å². The van der Waals surface area contributed by atoms with Crippen LogP contribution in [0.25, 0.3) is 11.1 Å². The summed E-state index contributed by atoms with van der Waals surface area (Å²) in [6.07, 6.45) is 3.64. The van der Waals surface area contributed by atoms with E-state index in [4.69, 9.17) is 14.8 Å². The predicted molar refractivity (Wildman–Crippen MR) is 183 cm³/mol. The predicted octanol–water partition coefficient (Wildman–Crippen LogP) is 2.93. The van der Waals surface area contributed by atoms with Crippen molar-refractivity contribution in [3.8, 4) is 16.9 Å². The summed E-state index contributed by atoms with van der Waals surface area (Å²) in [5, 5.41) is 53.1. The number of pyridine rings is 2. The van der Waals surface area contributed by atoms with Crippen molar-refractivity contribution >= 4 is 17.7 Å². The molecule has 2 saturated carbocycles. The number of thioether (sulfide) groups is 1. The molecule has 2 aromatic heterocycles. The molecule has 0 saturated heterocycles. The molecule has 2 aliphatic rings. The number of ether oxygens (including phenoxy) is 1. The van der Waals surface area contributed by atoms with E-state index in [9.17, 15) is 25.2 Å². The van der Waals surface area contributed by atoms with Crippen LogP contribution in [0.2, 0.25) is 0 Å². The SMILES string of the molecule is Cc1ccc(SCCCCC(=O)N(C)C[C@H](O)[C@@H](O)[C@H](O)[C@H](O)CO)nc1CNC1(c2cnccc2-c2ccccc2OC2CC2)CC1. The highest BCUT2D eigenvalue weighted by atomic mass is 32.2. The minimum absolute atomic E-state index is 0.165. The molecule has 2 fully saturated rings. The van der Waals surface area contributed by atoms with Crippen molar-refractivity contribution in [2.45, 2.75) is 99.5 Å². The first-order chi connectivity index (χ1) is 23.1. The van der Waals surface area contributed by atoms with Crippen LogP contribution < -0.4 is 10.1 Å². The summed E-state index contributed by atoms with van der Waals surface area (Å²) in [7, 11) is 1.51. The lowest BCUT2D eigenvalue weighted by molar-refractivity contribution is -0.138. The van der Waals surface area contributed by atoms with Gasteiger partial charge in [-0.2, -0.15) is 0 Å². The fourth-order valence-electron chi connectivity index (χ4n) is 5.70. The Morgan fingerprint density at radius 1 is 1.04 bits per heavy atom. The van der Waals surface area contributed by atoms with Gasteiger partial charge in [0.15, 0.2) is 0 Å². The minimum atomic E-state index is -1.72. The maximum absolute atomic E-state index is 12.5. The Bertz CT molecular complexity index is 1520. The van der Waals surface area contributed by atoms with Crippen LogP contribution in [-0.4, -0.2) is 103 Å². The third kappa shape index (κ3) is 9.32. The van der Waals surface area contributed by atoms with E-state index >= 15 is 0 Å². The van der Waals surface area contributed by atoms with Gasteiger partial charge in [-0.15, -0.1) is 11.8 Å². The maximum atomic E-state index is 12.5. The molecular formula is C36H48N4O7S. The number of aliphatic hydroxyl groups excluding tert-OH is 5. The number of likely N-dealkylation sites (N-methyl/N-ethyl adjacent to an activating group) is 1. The third-order valence-electron chi connectivity index (χ3n) is 9.10. The summed E-state index contributed by atoms with van der Waals surface area (Å²) in [6, 6.07) is 14.5. The number of aromatic nitrogens is 2. The Hall–Kier alpha value is -3.10. The normalized spacial score (nSPS) is 17.7. The van der Waals surface area contributed by atoms with Crippen molar-refractivity contribution in [3.63, 3.8) is 0 Å². The number of rotatable bonds is 19. The van der Waals surface area contributed by atoms with Gasteiger partial charge < -0.3 is 40.5 Å². The van der Waals surface area contributed by atoms with Crippen molar-refractivity contribution < 1.29 is 35.1 Å². The first-order valence-electron chi connectivity index (χ1n) is 16.7. The fourth-order valence-corrected chi connectivity index (χ4v) is 6.59. The maximum Gasteiger partial charge on any atom is 0.222 e. The number of aryl methyl sites for hydroxylation is 1. The van der Waals surface area contributed by atoms with Crippen LogP contribution in [0.1, 0.15) is 61.8 Å². The Labute approximate surface area is 286 Å². The van der Waals surface area contributed by atoms with Gasteiger partial charge in [-0.3, -0.25) is 9.78 Å². The quantitative estimate of drug-likeness (QED) is 0.0814. The second kappa shape index (κ2) is 16.5. The van der Waals surface area contributed by atoms with Crippen molar-refractivity contribution in [3.05, 3.63) is 71.7 Å². The number of aliphatic hydroxyl groups is 5. The summed E-state index contributed by atoms with van der Waals surface area (Å²) < 4.78 is 6.25. The topological polar surface area (TPSA) is 169 Å².